The summed E-state index contributed by atoms with van der Waals surface area (Å²) in [5, 5.41) is 3.15. The monoisotopic (exact) mass is 293 g/mol. The molecule has 1 N–H and O–H groups in total. The van der Waals surface area contributed by atoms with Gasteiger partial charge in [0.25, 0.3) is 0 Å². The van der Waals surface area contributed by atoms with Crippen molar-refractivity contribution in [1.82, 2.24) is 5.32 Å². The summed E-state index contributed by atoms with van der Waals surface area (Å²) in [5.41, 5.74) is 1.54. The molecule has 0 unspecified atom stereocenters. The standard InChI is InChI=1S/C17H18F3N/c1-3-8-21-10-12-9-13(18)5-7-14(12)15-6-4-11(2)16(19)17(15)20/h4-7,9,21H,3,8,10H2,1-2H3. The second-order valence-electron chi connectivity index (χ2n) is 5.04. The minimum atomic E-state index is -0.890. The van der Waals surface area contributed by atoms with Crippen LogP contribution in [-0.2, 0) is 6.54 Å². The zero-order valence-corrected chi connectivity index (χ0v) is 12.1. The van der Waals surface area contributed by atoms with Gasteiger partial charge in [-0.25, -0.2) is 13.2 Å². The summed E-state index contributed by atoms with van der Waals surface area (Å²) in [6.07, 6.45) is 0.943. The van der Waals surface area contributed by atoms with Crippen molar-refractivity contribution in [2.24, 2.45) is 0 Å². The van der Waals surface area contributed by atoms with E-state index in [0.29, 0.717) is 17.7 Å². The van der Waals surface area contributed by atoms with Crippen molar-refractivity contribution in [3.05, 3.63) is 58.9 Å². The molecule has 0 amide bonds. The number of rotatable bonds is 5. The van der Waals surface area contributed by atoms with E-state index in [-0.39, 0.29) is 16.9 Å². The molecule has 0 spiro atoms. The summed E-state index contributed by atoms with van der Waals surface area (Å²) in [5.74, 6) is -2.14. The molecule has 2 aromatic rings. The number of benzene rings is 2. The molecule has 112 valence electrons. The Kier molecular flexibility index (Phi) is 5.02. The highest BCUT2D eigenvalue weighted by atomic mass is 19.2. The van der Waals surface area contributed by atoms with E-state index >= 15 is 0 Å². The quantitative estimate of drug-likeness (QED) is 0.796. The van der Waals surface area contributed by atoms with Gasteiger partial charge in [0.15, 0.2) is 11.6 Å². The van der Waals surface area contributed by atoms with Crippen LogP contribution in [0.5, 0.6) is 0 Å². The third-order valence-electron chi connectivity index (χ3n) is 3.38. The van der Waals surface area contributed by atoms with Gasteiger partial charge < -0.3 is 5.32 Å². The highest BCUT2D eigenvalue weighted by molar-refractivity contribution is 5.68. The van der Waals surface area contributed by atoms with Crippen molar-refractivity contribution in [3.63, 3.8) is 0 Å². The largest absolute Gasteiger partial charge is 0.313 e. The second kappa shape index (κ2) is 6.76. The summed E-state index contributed by atoms with van der Waals surface area (Å²) >= 11 is 0. The summed E-state index contributed by atoms with van der Waals surface area (Å²) in [4.78, 5) is 0. The molecule has 0 aliphatic rings. The fourth-order valence-electron chi connectivity index (χ4n) is 2.23. The predicted octanol–water partition coefficient (Wildman–Crippen LogP) is 4.58. The lowest BCUT2D eigenvalue weighted by atomic mass is 9.97. The average molecular weight is 293 g/mol. The number of aryl methyl sites for hydroxylation is 1. The summed E-state index contributed by atoms with van der Waals surface area (Å²) in [6.45, 7) is 4.72. The smallest absolute Gasteiger partial charge is 0.166 e. The average Bonchev–Trinajstić information content (AvgIpc) is 2.46. The lowest BCUT2D eigenvalue weighted by Gasteiger charge is -2.13. The summed E-state index contributed by atoms with van der Waals surface area (Å²) < 4.78 is 41.3. The Balaban J connectivity index is 2.46. The molecular formula is C17H18F3N. The highest BCUT2D eigenvalue weighted by Crippen LogP contribution is 2.29. The van der Waals surface area contributed by atoms with E-state index in [1.54, 1.807) is 0 Å². The Morgan fingerprint density at radius 1 is 0.952 bits per heavy atom. The molecule has 0 aromatic heterocycles. The van der Waals surface area contributed by atoms with Gasteiger partial charge in [0.1, 0.15) is 5.82 Å². The van der Waals surface area contributed by atoms with Gasteiger partial charge in [0.2, 0.25) is 0 Å². The van der Waals surface area contributed by atoms with Crippen LogP contribution in [0.2, 0.25) is 0 Å². The van der Waals surface area contributed by atoms with Crippen LogP contribution in [-0.4, -0.2) is 6.54 Å². The van der Waals surface area contributed by atoms with Gasteiger partial charge in [0, 0.05) is 12.1 Å². The first kappa shape index (κ1) is 15.6. The first-order valence-electron chi connectivity index (χ1n) is 6.98. The van der Waals surface area contributed by atoms with E-state index in [1.807, 2.05) is 6.92 Å². The van der Waals surface area contributed by atoms with Crippen LogP contribution < -0.4 is 5.32 Å². The predicted molar refractivity (Wildman–Crippen MR) is 78.5 cm³/mol. The van der Waals surface area contributed by atoms with Crippen LogP contribution in [0.1, 0.15) is 24.5 Å². The van der Waals surface area contributed by atoms with E-state index in [9.17, 15) is 13.2 Å². The minimum Gasteiger partial charge on any atom is -0.313 e. The van der Waals surface area contributed by atoms with Crippen LogP contribution in [0.25, 0.3) is 11.1 Å². The molecule has 1 nitrogen and oxygen atoms in total. The number of hydrogen-bond donors (Lipinski definition) is 1. The van der Waals surface area contributed by atoms with E-state index in [0.717, 1.165) is 13.0 Å². The molecule has 0 bridgehead atoms. The van der Waals surface area contributed by atoms with Crippen molar-refractivity contribution in [2.45, 2.75) is 26.8 Å². The summed E-state index contributed by atoms with van der Waals surface area (Å²) in [6, 6.07) is 7.17. The lowest BCUT2D eigenvalue weighted by molar-refractivity contribution is 0.505. The van der Waals surface area contributed by atoms with Crippen LogP contribution in [0, 0.1) is 24.4 Å². The molecule has 21 heavy (non-hydrogen) atoms. The van der Waals surface area contributed by atoms with E-state index in [4.69, 9.17) is 0 Å². The van der Waals surface area contributed by atoms with Gasteiger partial charge in [-0.15, -0.1) is 0 Å². The van der Waals surface area contributed by atoms with Gasteiger partial charge in [-0.2, -0.15) is 0 Å². The Morgan fingerprint density at radius 2 is 1.67 bits per heavy atom. The first-order valence-corrected chi connectivity index (χ1v) is 6.98. The SMILES string of the molecule is CCCNCc1cc(F)ccc1-c1ccc(C)c(F)c1F. The molecule has 0 fully saturated rings. The Hall–Kier alpha value is -1.81. The van der Waals surface area contributed by atoms with Crippen LogP contribution in [0.15, 0.2) is 30.3 Å². The zero-order chi connectivity index (χ0) is 15.4. The van der Waals surface area contributed by atoms with Crippen molar-refractivity contribution in [2.75, 3.05) is 6.54 Å². The molecule has 2 rings (SSSR count). The Morgan fingerprint density at radius 3 is 2.38 bits per heavy atom. The molecule has 0 radical (unpaired) electrons. The van der Waals surface area contributed by atoms with Crippen molar-refractivity contribution in [1.29, 1.82) is 0 Å². The van der Waals surface area contributed by atoms with E-state index < -0.39 is 11.6 Å². The minimum absolute atomic E-state index is 0.159. The topological polar surface area (TPSA) is 12.0 Å². The number of hydrogen-bond acceptors (Lipinski definition) is 1. The maximum Gasteiger partial charge on any atom is 0.166 e. The van der Waals surface area contributed by atoms with Gasteiger partial charge in [-0.1, -0.05) is 25.1 Å². The van der Waals surface area contributed by atoms with E-state index in [1.165, 1.54) is 37.3 Å². The molecule has 0 saturated carbocycles. The maximum atomic E-state index is 14.1. The third kappa shape index (κ3) is 3.45. The van der Waals surface area contributed by atoms with Crippen LogP contribution >= 0.6 is 0 Å². The maximum absolute atomic E-state index is 14.1. The van der Waals surface area contributed by atoms with Gasteiger partial charge in [-0.05, 0) is 48.7 Å². The normalized spacial score (nSPS) is 10.9. The van der Waals surface area contributed by atoms with E-state index in [2.05, 4.69) is 5.32 Å². The lowest BCUT2D eigenvalue weighted by Crippen LogP contribution is -2.14. The Bertz CT molecular complexity index is 638. The fourth-order valence-corrected chi connectivity index (χ4v) is 2.23. The Labute approximate surface area is 122 Å². The van der Waals surface area contributed by atoms with Crippen molar-refractivity contribution >= 4 is 0 Å². The zero-order valence-electron chi connectivity index (χ0n) is 12.1. The molecule has 0 saturated heterocycles. The molecule has 0 heterocycles. The highest BCUT2D eigenvalue weighted by Gasteiger charge is 2.15. The van der Waals surface area contributed by atoms with Gasteiger partial charge in [-0.3, -0.25) is 0 Å². The van der Waals surface area contributed by atoms with Crippen molar-refractivity contribution in [3.8, 4) is 11.1 Å². The molecular weight excluding hydrogens is 275 g/mol. The first-order chi connectivity index (χ1) is 10.0. The second-order valence-corrected chi connectivity index (χ2v) is 5.04. The molecule has 4 heteroatoms. The summed E-state index contributed by atoms with van der Waals surface area (Å²) in [7, 11) is 0. The van der Waals surface area contributed by atoms with Gasteiger partial charge in [0.05, 0.1) is 0 Å². The number of halogens is 3. The van der Waals surface area contributed by atoms with Crippen molar-refractivity contribution < 1.29 is 13.2 Å². The molecule has 0 aliphatic heterocycles. The van der Waals surface area contributed by atoms with Crippen LogP contribution in [0.3, 0.4) is 0 Å². The molecule has 2 aromatic carbocycles. The van der Waals surface area contributed by atoms with Crippen LogP contribution in [0.4, 0.5) is 13.2 Å². The molecule has 0 aliphatic carbocycles. The number of nitrogens with one attached hydrogen (secondary N) is 1. The molecule has 0 atom stereocenters. The fraction of sp³-hybridized carbons (Fsp3) is 0.294. The van der Waals surface area contributed by atoms with Gasteiger partial charge >= 0.3 is 0 Å². The third-order valence-corrected chi connectivity index (χ3v) is 3.38.